The molecular formula is C21H27N5O4S2. The number of sulfonamides is 1. The van der Waals surface area contributed by atoms with Crippen LogP contribution in [-0.4, -0.2) is 41.3 Å². The van der Waals surface area contributed by atoms with Gasteiger partial charge in [0.15, 0.2) is 6.33 Å². The van der Waals surface area contributed by atoms with Gasteiger partial charge in [-0.3, -0.25) is 0 Å². The quantitative estimate of drug-likeness (QED) is 0.441. The molecule has 32 heavy (non-hydrogen) atoms. The molecular weight excluding hydrogens is 450 g/mol. The van der Waals surface area contributed by atoms with Crippen molar-refractivity contribution >= 4 is 27.5 Å². The number of nitrogens with one attached hydrogen (secondary N) is 1. The lowest BCUT2D eigenvalue weighted by Gasteiger charge is -2.09. The zero-order chi connectivity index (χ0) is 23.1. The average molecular weight is 478 g/mol. The second kappa shape index (κ2) is 10.7. The molecule has 0 aliphatic carbocycles. The fraction of sp³-hybridized carbons (Fsp3) is 0.429. The minimum absolute atomic E-state index is 0.103. The molecule has 0 aliphatic heterocycles. The van der Waals surface area contributed by atoms with E-state index < -0.39 is 16.1 Å². The molecule has 2 heterocycles. The molecule has 3 aromatic rings. The Bertz CT molecular complexity index is 1120. The summed E-state index contributed by atoms with van der Waals surface area (Å²) in [6, 6.07) is 9.37. The van der Waals surface area contributed by atoms with Crippen molar-refractivity contribution in [3.63, 3.8) is 0 Å². The van der Waals surface area contributed by atoms with E-state index in [4.69, 9.17) is 4.74 Å². The lowest BCUT2D eigenvalue weighted by Crippen LogP contribution is -2.31. The Labute approximate surface area is 191 Å². The van der Waals surface area contributed by atoms with E-state index in [1.165, 1.54) is 22.5 Å². The summed E-state index contributed by atoms with van der Waals surface area (Å²) in [6.07, 6.45) is 2.67. The van der Waals surface area contributed by atoms with Gasteiger partial charge in [0.25, 0.3) is 10.0 Å². The van der Waals surface area contributed by atoms with E-state index in [0.29, 0.717) is 24.4 Å². The highest BCUT2D eigenvalue weighted by atomic mass is 32.2. The van der Waals surface area contributed by atoms with Crippen LogP contribution in [0.15, 0.2) is 40.9 Å². The third-order valence-corrected chi connectivity index (χ3v) is 7.54. The second-order valence-electron chi connectivity index (χ2n) is 7.77. The van der Waals surface area contributed by atoms with Crippen LogP contribution in [0, 0.1) is 5.92 Å². The molecule has 172 valence electrons. The molecule has 0 atom stereocenters. The molecule has 1 amide bonds. The van der Waals surface area contributed by atoms with Crippen LogP contribution >= 0.6 is 11.3 Å². The zero-order valence-corrected chi connectivity index (χ0v) is 19.9. The van der Waals surface area contributed by atoms with Crippen molar-refractivity contribution in [2.24, 2.45) is 5.92 Å². The second-order valence-corrected chi connectivity index (χ2v) is 10.8. The van der Waals surface area contributed by atoms with Gasteiger partial charge in [0.1, 0.15) is 4.21 Å². The maximum atomic E-state index is 13.0. The number of ether oxygens (including phenoxy) is 1. The highest BCUT2D eigenvalue weighted by molar-refractivity contribution is 7.92. The van der Waals surface area contributed by atoms with Crippen molar-refractivity contribution in [3.8, 4) is 11.1 Å². The Hall–Kier alpha value is -2.79. The monoisotopic (exact) mass is 477 g/mol. The first-order chi connectivity index (χ1) is 15.3. The molecule has 1 aromatic carbocycles. The smallest absolute Gasteiger partial charge is 0.421 e. The molecule has 2 aromatic heterocycles. The van der Waals surface area contributed by atoms with E-state index in [9.17, 15) is 13.2 Å². The minimum Gasteiger partial charge on any atom is -0.449 e. The predicted molar refractivity (Wildman–Crippen MR) is 122 cm³/mol. The van der Waals surface area contributed by atoms with Crippen LogP contribution in [0.25, 0.3) is 11.1 Å². The summed E-state index contributed by atoms with van der Waals surface area (Å²) in [5.74, 6) is 0.363. The van der Waals surface area contributed by atoms with Gasteiger partial charge >= 0.3 is 6.09 Å². The normalized spacial score (nSPS) is 11.6. The number of hydrogen-bond acceptors (Lipinski definition) is 8. The molecule has 0 bridgehead atoms. The number of aromatic nitrogens is 4. The fourth-order valence-corrected chi connectivity index (χ4v) is 5.88. The Morgan fingerprint density at radius 1 is 1.25 bits per heavy atom. The first-order valence-corrected chi connectivity index (χ1v) is 12.7. The number of rotatable bonds is 10. The van der Waals surface area contributed by atoms with Crippen LogP contribution in [-0.2, 0) is 27.7 Å². The summed E-state index contributed by atoms with van der Waals surface area (Å²) in [6.45, 7) is 6.74. The number of unbranched alkanes of at least 4 members (excludes halogenated alkanes) is 1. The molecule has 1 N–H and O–H groups in total. The molecule has 0 saturated heterocycles. The van der Waals surface area contributed by atoms with Gasteiger partial charge in [-0.25, -0.2) is 17.9 Å². The standard InChI is InChI=1S/C21H27N5O4S2/c1-4-5-10-30-21(27)24-32(28,29)20-19(12-18(31-20)11-15(2)3)17-8-6-16(7-9-17)13-26-23-14-22-25-26/h6-9,12,14-15H,4-5,10-11,13H2,1-3H3,(H,24,27). The van der Waals surface area contributed by atoms with Gasteiger partial charge in [0, 0.05) is 10.4 Å². The van der Waals surface area contributed by atoms with E-state index in [1.54, 1.807) is 0 Å². The predicted octanol–water partition coefficient (Wildman–Crippen LogP) is 3.86. The van der Waals surface area contributed by atoms with E-state index in [-0.39, 0.29) is 10.8 Å². The third-order valence-electron chi connectivity index (χ3n) is 4.53. The van der Waals surface area contributed by atoms with Crippen molar-refractivity contribution in [2.75, 3.05) is 6.61 Å². The molecule has 0 radical (unpaired) electrons. The molecule has 11 heteroatoms. The van der Waals surface area contributed by atoms with Crippen molar-refractivity contribution < 1.29 is 17.9 Å². The number of thiophene rings is 1. The molecule has 0 spiro atoms. The first-order valence-electron chi connectivity index (χ1n) is 10.4. The molecule has 0 fully saturated rings. The van der Waals surface area contributed by atoms with Crippen LogP contribution in [0.5, 0.6) is 0 Å². The van der Waals surface area contributed by atoms with Crippen molar-refractivity contribution in [1.29, 1.82) is 0 Å². The molecule has 0 saturated carbocycles. The maximum Gasteiger partial charge on any atom is 0.421 e. The lowest BCUT2D eigenvalue weighted by molar-refractivity contribution is 0.151. The number of carbonyl (C=O) groups is 1. The van der Waals surface area contributed by atoms with Crippen molar-refractivity contribution in [3.05, 3.63) is 47.1 Å². The zero-order valence-electron chi connectivity index (χ0n) is 18.3. The molecule has 0 aliphatic rings. The van der Waals surface area contributed by atoms with E-state index in [0.717, 1.165) is 28.8 Å². The third kappa shape index (κ3) is 6.36. The molecule has 0 unspecified atom stereocenters. The summed E-state index contributed by atoms with van der Waals surface area (Å²) < 4.78 is 33.2. The highest BCUT2D eigenvalue weighted by Gasteiger charge is 2.26. The summed E-state index contributed by atoms with van der Waals surface area (Å²) in [4.78, 5) is 14.4. The van der Waals surface area contributed by atoms with Gasteiger partial charge in [0.05, 0.1) is 13.2 Å². The fourth-order valence-electron chi connectivity index (χ4n) is 3.04. The molecule has 3 rings (SSSR count). The number of benzene rings is 1. The van der Waals surface area contributed by atoms with Gasteiger partial charge in [-0.05, 0) is 41.2 Å². The SMILES string of the molecule is CCCCOC(=O)NS(=O)(=O)c1sc(CC(C)C)cc1-c1ccc(Cn2ncnn2)cc1. The summed E-state index contributed by atoms with van der Waals surface area (Å²) in [5, 5.41) is 11.5. The maximum absolute atomic E-state index is 13.0. The van der Waals surface area contributed by atoms with Gasteiger partial charge in [0.2, 0.25) is 0 Å². The van der Waals surface area contributed by atoms with Crippen LogP contribution in [0.2, 0.25) is 0 Å². The molecule has 9 nitrogen and oxygen atoms in total. The number of nitrogens with zero attached hydrogens (tertiary/aromatic N) is 4. The number of hydrogen-bond donors (Lipinski definition) is 1. The Morgan fingerprint density at radius 3 is 2.62 bits per heavy atom. The summed E-state index contributed by atoms with van der Waals surface area (Å²) >= 11 is 1.18. The summed E-state index contributed by atoms with van der Waals surface area (Å²) in [5.41, 5.74) is 2.25. The largest absolute Gasteiger partial charge is 0.449 e. The van der Waals surface area contributed by atoms with Gasteiger partial charge < -0.3 is 4.74 Å². The van der Waals surface area contributed by atoms with Crippen LogP contribution in [0.4, 0.5) is 4.79 Å². The van der Waals surface area contributed by atoms with Crippen molar-refractivity contribution in [2.45, 2.75) is 50.8 Å². The Kier molecular flexibility index (Phi) is 7.97. The van der Waals surface area contributed by atoms with Crippen LogP contribution in [0.3, 0.4) is 0 Å². The van der Waals surface area contributed by atoms with Crippen molar-refractivity contribution in [1.82, 2.24) is 24.9 Å². The van der Waals surface area contributed by atoms with E-state index in [1.807, 2.05) is 42.0 Å². The van der Waals surface area contributed by atoms with Gasteiger partial charge in [-0.15, -0.1) is 21.5 Å². The summed E-state index contributed by atoms with van der Waals surface area (Å²) in [7, 11) is -4.08. The number of carbonyl (C=O) groups excluding carboxylic acids is 1. The van der Waals surface area contributed by atoms with E-state index in [2.05, 4.69) is 29.3 Å². The van der Waals surface area contributed by atoms with Crippen LogP contribution in [0.1, 0.15) is 44.1 Å². The van der Waals surface area contributed by atoms with Crippen LogP contribution < -0.4 is 4.72 Å². The minimum atomic E-state index is -4.08. The van der Waals surface area contributed by atoms with Gasteiger partial charge in [-0.2, -0.15) is 4.80 Å². The van der Waals surface area contributed by atoms with Gasteiger partial charge in [-0.1, -0.05) is 51.5 Å². The Balaban J connectivity index is 1.87. The number of amides is 1. The average Bonchev–Trinajstić information content (AvgIpc) is 3.38. The Morgan fingerprint density at radius 2 is 2.00 bits per heavy atom. The lowest BCUT2D eigenvalue weighted by atomic mass is 10.0. The first kappa shape index (κ1) is 23.9. The van der Waals surface area contributed by atoms with E-state index >= 15 is 0 Å². The highest BCUT2D eigenvalue weighted by Crippen LogP contribution is 2.36. The number of tetrazole rings is 1. The topological polar surface area (TPSA) is 116 Å².